The van der Waals surface area contributed by atoms with E-state index in [1.165, 1.54) is 0 Å². The van der Waals surface area contributed by atoms with Crippen LogP contribution in [0.25, 0.3) is 22.0 Å². The summed E-state index contributed by atoms with van der Waals surface area (Å²) >= 11 is 0. The highest BCUT2D eigenvalue weighted by Crippen LogP contribution is 2.24. The molecule has 0 bridgehead atoms. The zero-order valence-corrected chi connectivity index (χ0v) is 18.2. The Balaban J connectivity index is 1.46. The van der Waals surface area contributed by atoms with Crippen molar-refractivity contribution in [3.63, 3.8) is 0 Å². The molecule has 0 radical (unpaired) electrons. The zero-order valence-electron chi connectivity index (χ0n) is 18.2. The van der Waals surface area contributed by atoms with Crippen molar-refractivity contribution < 1.29 is 4.79 Å². The smallest absolute Gasteiger partial charge is 0.141 e. The summed E-state index contributed by atoms with van der Waals surface area (Å²) in [6.45, 7) is 7.78. The zero-order chi connectivity index (χ0) is 21.1. The van der Waals surface area contributed by atoms with E-state index in [4.69, 9.17) is 0 Å². The van der Waals surface area contributed by atoms with Crippen LogP contribution in [-0.2, 0) is 18.3 Å². The first kappa shape index (κ1) is 20.7. The largest absolute Gasteiger partial charge is 0.303 e. The van der Waals surface area contributed by atoms with E-state index in [1.54, 1.807) is 4.68 Å². The topological polar surface area (TPSA) is 63.9 Å². The molecule has 1 fully saturated rings. The molecule has 4 rings (SSSR count). The molecule has 3 aromatic rings. The Morgan fingerprint density at radius 3 is 2.70 bits per heavy atom. The molecule has 1 aliphatic rings. The van der Waals surface area contributed by atoms with E-state index in [1.807, 2.05) is 37.9 Å². The van der Waals surface area contributed by atoms with Crippen molar-refractivity contribution >= 4 is 16.6 Å². The molecule has 1 saturated heterocycles. The Hall–Kier alpha value is -2.60. The number of fused-ring (bicyclic) bond motifs is 1. The number of nitrogens with zero attached hydrogens (tertiary/aromatic N) is 5. The number of aryl methyl sites for hydroxylation is 1. The van der Waals surface area contributed by atoms with Gasteiger partial charge in [0.1, 0.15) is 5.78 Å². The summed E-state index contributed by atoms with van der Waals surface area (Å²) in [5.41, 5.74) is 2.71. The molecule has 6 heteroatoms. The maximum atomic E-state index is 13.0. The van der Waals surface area contributed by atoms with E-state index in [9.17, 15) is 4.79 Å². The van der Waals surface area contributed by atoms with Crippen LogP contribution in [0, 0.1) is 11.8 Å². The molecule has 1 unspecified atom stereocenters. The Morgan fingerprint density at radius 1 is 1.10 bits per heavy atom. The highest BCUT2D eigenvalue weighted by Gasteiger charge is 2.23. The number of hydrogen-bond acceptors (Lipinski definition) is 5. The fourth-order valence-corrected chi connectivity index (χ4v) is 4.39. The van der Waals surface area contributed by atoms with Crippen LogP contribution >= 0.6 is 0 Å². The van der Waals surface area contributed by atoms with Crippen molar-refractivity contribution in [2.45, 2.75) is 39.5 Å². The van der Waals surface area contributed by atoms with E-state index in [0.29, 0.717) is 18.1 Å². The van der Waals surface area contributed by atoms with Gasteiger partial charge in [-0.1, -0.05) is 13.8 Å². The minimum atomic E-state index is 0.156. The quantitative estimate of drug-likeness (QED) is 0.622. The summed E-state index contributed by atoms with van der Waals surface area (Å²) in [4.78, 5) is 24.6. The number of carbonyl (C=O) groups excluding carboxylic acids is 1. The molecule has 4 heterocycles. The van der Waals surface area contributed by atoms with E-state index in [-0.39, 0.29) is 5.92 Å². The summed E-state index contributed by atoms with van der Waals surface area (Å²) < 4.78 is 1.77. The standard InChI is InChI=1S/C24H31N5O/c1-17(2)15-29-7-4-5-18(6-8-29)24(30)11-22-9-19-10-23(21-14-27-28(3)16-21)26-13-20(19)12-25-22/h9-10,12-14,16-18H,4-8,11,15H2,1-3H3. The van der Waals surface area contributed by atoms with Gasteiger partial charge >= 0.3 is 0 Å². The van der Waals surface area contributed by atoms with Crippen LogP contribution in [-0.4, -0.2) is 50.1 Å². The summed E-state index contributed by atoms with van der Waals surface area (Å²) in [6.07, 6.45) is 10.9. The number of rotatable bonds is 6. The molecule has 0 spiro atoms. The molecule has 30 heavy (non-hydrogen) atoms. The van der Waals surface area contributed by atoms with E-state index in [0.717, 1.165) is 66.6 Å². The molecule has 0 amide bonds. The average molecular weight is 406 g/mol. The van der Waals surface area contributed by atoms with Crippen LogP contribution < -0.4 is 0 Å². The van der Waals surface area contributed by atoms with Crippen LogP contribution in [0.2, 0.25) is 0 Å². The second-order valence-corrected chi connectivity index (χ2v) is 8.96. The number of Topliss-reactive ketones (excluding diaryl/α,β-unsaturated/α-hetero) is 1. The van der Waals surface area contributed by atoms with Crippen molar-refractivity contribution in [3.8, 4) is 11.3 Å². The summed E-state index contributed by atoms with van der Waals surface area (Å²) in [5.74, 6) is 1.16. The number of aromatic nitrogens is 4. The first-order valence-electron chi connectivity index (χ1n) is 11.0. The molecule has 0 aromatic carbocycles. The predicted octanol–water partition coefficient (Wildman–Crippen LogP) is 3.90. The van der Waals surface area contributed by atoms with Crippen molar-refractivity contribution in [2.75, 3.05) is 19.6 Å². The summed E-state index contributed by atoms with van der Waals surface area (Å²) in [7, 11) is 1.90. The second kappa shape index (κ2) is 9.04. The maximum Gasteiger partial charge on any atom is 0.141 e. The van der Waals surface area contributed by atoms with E-state index >= 15 is 0 Å². The molecular weight excluding hydrogens is 374 g/mol. The monoisotopic (exact) mass is 405 g/mol. The van der Waals surface area contributed by atoms with Crippen molar-refractivity contribution in [2.24, 2.45) is 18.9 Å². The molecule has 1 aliphatic heterocycles. The maximum absolute atomic E-state index is 13.0. The van der Waals surface area contributed by atoms with Gasteiger partial charge in [0, 0.05) is 61.2 Å². The van der Waals surface area contributed by atoms with Gasteiger partial charge in [0.15, 0.2) is 0 Å². The molecule has 1 atom stereocenters. The van der Waals surface area contributed by atoms with Gasteiger partial charge in [-0.2, -0.15) is 5.10 Å². The fourth-order valence-electron chi connectivity index (χ4n) is 4.39. The van der Waals surface area contributed by atoms with Gasteiger partial charge in [0.05, 0.1) is 11.9 Å². The molecule has 3 aromatic heterocycles. The average Bonchev–Trinajstić information content (AvgIpc) is 3.01. The minimum absolute atomic E-state index is 0.156. The SMILES string of the molecule is CC(C)CN1CCCC(C(=O)Cc2cc3cc(-c4cnn(C)c4)ncc3cn2)CC1. The second-order valence-electron chi connectivity index (χ2n) is 8.96. The number of pyridine rings is 2. The van der Waals surface area contributed by atoms with Gasteiger partial charge < -0.3 is 4.90 Å². The van der Waals surface area contributed by atoms with Crippen LogP contribution in [0.3, 0.4) is 0 Å². The Labute approximate surface area is 178 Å². The van der Waals surface area contributed by atoms with Gasteiger partial charge in [-0.15, -0.1) is 0 Å². The molecule has 6 nitrogen and oxygen atoms in total. The number of hydrogen-bond donors (Lipinski definition) is 0. The Bertz CT molecular complexity index is 1030. The third-order valence-corrected chi connectivity index (χ3v) is 5.92. The highest BCUT2D eigenvalue weighted by atomic mass is 16.1. The summed E-state index contributed by atoms with van der Waals surface area (Å²) in [6, 6.07) is 4.09. The van der Waals surface area contributed by atoms with Crippen LogP contribution in [0.5, 0.6) is 0 Å². The van der Waals surface area contributed by atoms with Gasteiger partial charge in [-0.3, -0.25) is 19.4 Å². The third kappa shape index (κ3) is 4.93. The summed E-state index contributed by atoms with van der Waals surface area (Å²) in [5, 5.41) is 6.27. The van der Waals surface area contributed by atoms with E-state index < -0.39 is 0 Å². The first-order chi connectivity index (χ1) is 14.5. The molecule has 0 aliphatic carbocycles. The van der Waals surface area contributed by atoms with Gasteiger partial charge in [-0.25, -0.2) is 0 Å². The normalized spacial score (nSPS) is 18.1. The molecule has 0 N–H and O–H groups in total. The lowest BCUT2D eigenvalue weighted by molar-refractivity contribution is -0.122. The van der Waals surface area contributed by atoms with Crippen molar-refractivity contribution in [1.29, 1.82) is 0 Å². The van der Waals surface area contributed by atoms with Gasteiger partial charge in [0.2, 0.25) is 0 Å². The number of carbonyl (C=O) groups is 1. The van der Waals surface area contributed by atoms with Crippen LogP contribution in [0.1, 0.15) is 38.8 Å². The van der Waals surface area contributed by atoms with E-state index in [2.05, 4.69) is 39.9 Å². The lowest BCUT2D eigenvalue weighted by atomic mass is 9.92. The van der Waals surface area contributed by atoms with Crippen molar-refractivity contribution in [1.82, 2.24) is 24.6 Å². The fraction of sp³-hybridized carbons (Fsp3) is 0.500. The number of likely N-dealkylation sites (tertiary alicyclic amines) is 1. The minimum Gasteiger partial charge on any atom is -0.303 e. The lowest BCUT2D eigenvalue weighted by Crippen LogP contribution is -2.29. The molecular formula is C24H31N5O. The predicted molar refractivity (Wildman–Crippen MR) is 119 cm³/mol. The first-order valence-corrected chi connectivity index (χ1v) is 11.0. The lowest BCUT2D eigenvalue weighted by Gasteiger charge is -2.22. The van der Waals surface area contributed by atoms with Crippen LogP contribution in [0.4, 0.5) is 0 Å². The molecule has 0 saturated carbocycles. The Kier molecular flexibility index (Phi) is 6.23. The third-order valence-electron chi connectivity index (χ3n) is 5.92. The number of ketones is 1. The van der Waals surface area contributed by atoms with Crippen molar-refractivity contribution in [3.05, 3.63) is 42.6 Å². The van der Waals surface area contributed by atoms with Crippen LogP contribution in [0.15, 0.2) is 36.9 Å². The molecule has 158 valence electrons. The highest BCUT2D eigenvalue weighted by molar-refractivity contribution is 5.87. The Morgan fingerprint density at radius 2 is 1.93 bits per heavy atom. The van der Waals surface area contributed by atoms with Gasteiger partial charge in [-0.05, 0) is 55.8 Å². The van der Waals surface area contributed by atoms with Gasteiger partial charge in [0.25, 0.3) is 0 Å².